The molecule has 0 fully saturated rings. The molecule has 0 saturated carbocycles. The number of hydrogen-bond acceptors (Lipinski definition) is 6. The number of nitrogens with zero attached hydrogens (tertiary/aromatic N) is 3. The summed E-state index contributed by atoms with van der Waals surface area (Å²) < 4.78 is 5.05. The molecule has 0 radical (unpaired) electrons. The summed E-state index contributed by atoms with van der Waals surface area (Å²) in [5, 5.41) is 6.87. The average Bonchev–Trinajstić information content (AvgIpc) is 2.47. The molecular weight excluding hydrogens is 278 g/mol. The smallest absolute Gasteiger partial charge is 0.322 e. The first kappa shape index (κ1) is 14.3. The maximum Gasteiger partial charge on any atom is 0.322 e. The molecule has 2 rings (SSSR count). The number of methoxy groups -OCH3 is 1. The van der Waals surface area contributed by atoms with Crippen molar-refractivity contribution in [1.82, 2.24) is 15.0 Å². The molecule has 0 aliphatic carbocycles. The van der Waals surface area contributed by atoms with Crippen LogP contribution in [0.3, 0.4) is 0 Å². The lowest BCUT2D eigenvalue weighted by molar-refractivity contribution is 0.379. The number of nitrogens with one attached hydrogen (secondary N) is 2. The summed E-state index contributed by atoms with van der Waals surface area (Å²) in [6.45, 7) is 3.29. The van der Waals surface area contributed by atoms with E-state index in [-0.39, 0.29) is 6.01 Å². The Morgan fingerprint density at radius 2 is 1.70 bits per heavy atom. The van der Waals surface area contributed by atoms with Crippen molar-refractivity contribution in [3.8, 4) is 6.01 Å². The van der Waals surface area contributed by atoms with Crippen molar-refractivity contribution in [1.29, 1.82) is 0 Å². The van der Waals surface area contributed by atoms with E-state index in [1.165, 1.54) is 7.11 Å². The fraction of sp³-hybridized carbons (Fsp3) is 0.308. The van der Waals surface area contributed by atoms with E-state index in [1.807, 2.05) is 31.2 Å². The van der Waals surface area contributed by atoms with Gasteiger partial charge in [-0.2, -0.15) is 15.0 Å². The van der Waals surface area contributed by atoms with Gasteiger partial charge in [-0.25, -0.2) is 0 Å². The molecule has 6 nitrogen and oxygen atoms in total. The Kier molecular flexibility index (Phi) is 4.95. The van der Waals surface area contributed by atoms with Crippen molar-refractivity contribution in [3.05, 3.63) is 34.9 Å². The van der Waals surface area contributed by atoms with Crippen LogP contribution >= 0.6 is 11.6 Å². The lowest BCUT2D eigenvalue weighted by Gasteiger charge is -2.08. The van der Waals surface area contributed by atoms with Crippen molar-refractivity contribution >= 4 is 23.5 Å². The molecule has 20 heavy (non-hydrogen) atoms. The number of benzene rings is 1. The zero-order valence-electron chi connectivity index (χ0n) is 11.4. The highest BCUT2D eigenvalue weighted by Gasteiger charge is 2.05. The summed E-state index contributed by atoms with van der Waals surface area (Å²) in [6, 6.07) is 7.85. The lowest BCUT2D eigenvalue weighted by atomic mass is 10.2. The third-order valence-electron chi connectivity index (χ3n) is 2.50. The number of halogens is 1. The summed E-state index contributed by atoms with van der Waals surface area (Å²) in [5.41, 5.74) is 1.08. The van der Waals surface area contributed by atoms with Crippen molar-refractivity contribution in [2.24, 2.45) is 0 Å². The fourth-order valence-electron chi connectivity index (χ4n) is 1.55. The van der Waals surface area contributed by atoms with E-state index in [0.717, 1.165) is 12.1 Å². The molecule has 106 valence electrons. The predicted molar refractivity (Wildman–Crippen MR) is 79.3 cm³/mol. The molecule has 7 heteroatoms. The Hall–Kier alpha value is -2.08. The maximum absolute atomic E-state index is 5.85. The van der Waals surface area contributed by atoms with Gasteiger partial charge >= 0.3 is 6.01 Å². The van der Waals surface area contributed by atoms with Crippen LogP contribution in [-0.4, -0.2) is 28.6 Å². The van der Waals surface area contributed by atoms with Crippen LogP contribution in [0.4, 0.5) is 11.9 Å². The minimum absolute atomic E-state index is 0.273. The minimum Gasteiger partial charge on any atom is -0.467 e. The van der Waals surface area contributed by atoms with Gasteiger partial charge in [0.1, 0.15) is 0 Å². The van der Waals surface area contributed by atoms with E-state index in [1.54, 1.807) is 0 Å². The van der Waals surface area contributed by atoms with Gasteiger partial charge in [0, 0.05) is 18.1 Å². The van der Waals surface area contributed by atoms with E-state index in [0.29, 0.717) is 23.5 Å². The number of hydrogen-bond donors (Lipinski definition) is 2. The molecule has 0 spiro atoms. The normalized spacial score (nSPS) is 10.2. The van der Waals surface area contributed by atoms with E-state index in [9.17, 15) is 0 Å². The quantitative estimate of drug-likeness (QED) is 0.853. The predicted octanol–water partition coefficient (Wildman–Crippen LogP) is 2.58. The van der Waals surface area contributed by atoms with E-state index >= 15 is 0 Å². The van der Waals surface area contributed by atoms with Crippen molar-refractivity contribution < 1.29 is 4.74 Å². The van der Waals surface area contributed by atoms with Crippen LogP contribution in [0.15, 0.2) is 24.3 Å². The van der Waals surface area contributed by atoms with Crippen LogP contribution < -0.4 is 15.4 Å². The largest absolute Gasteiger partial charge is 0.467 e. The van der Waals surface area contributed by atoms with Crippen molar-refractivity contribution in [2.45, 2.75) is 13.5 Å². The highest BCUT2D eigenvalue weighted by atomic mass is 35.5. The zero-order chi connectivity index (χ0) is 14.4. The minimum atomic E-state index is 0.273. The number of aromatic nitrogens is 3. The second-order valence-electron chi connectivity index (χ2n) is 3.98. The molecule has 0 saturated heterocycles. The Morgan fingerprint density at radius 1 is 1.05 bits per heavy atom. The second kappa shape index (κ2) is 6.91. The van der Waals surface area contributed by atoms with E-state index in [4.69, 9.17) is 16.3 Å². The highest BCUT2D eigenvalue weighted by Crippen LogP contribution is 2.13. The SMILES string of the molecule is CCNc1nc(NCc2ccc(Cl)cc2)nc(OC)n1. The van der Waals surface area contributed by atoms with Crippen LogP contribution in [-0.2, 0) is 6.54 Å². The van der Waals surface area contributed by atoms with Crippen LogP contribution in [0, 0.1) is 0 Å². The van der Waals surface area contributed by atoms with Crippen LogP contribution in [0.25, 0.3) is 0 Å². The molecule has 0 unspecified atom stereocenters. The summed E-state index contributed by atoms with van der Waals surface area (Å²) in [5.74, 6) is 0.945. The monoisotopic (exact) mass is 293 g/mol. The first-order valence-corrected chi connectivity index (χ1v) is 6.61. The summed E-state index contributed by atoms with van der Waals surface area (Å²) in [7, 11) is 1.52. The fourth-order valence-corrected chi connectivity index (χ4v) is 1.67. The Morgan fingerprint density at radius 3 is 2.30 bits per heavy atom. The molecule has 2 aromatic rings. The summed E-state index contributed by atoms with van der Waals surface area (Å²) >= 11 is 5.85. The molecule has 1 heterocycles. The average molecular weight is 294 g/mol. The van der Waals surface area contributed by atoms with Crippen LogP contribution in [0.1, 0.15) is 12.5 Å². The zero-order valence-corrected chi connectivity index (χ0v) is 12.1. The van der Waals surface area contributed by atoms with Gasteiger partial charge in [-0.05, 0) is 24.6 Å². The van der Waals surface area contributed by atoms with Gasteiger partial charge in [0.05, 0.1) is 7.11 Å². The third kappa shape index (κ3) is 3.96. The molecule has 0 bridgehead atoms. The Bertz CT molecular complexity index is 561. The van der Waals surface area contributed by atoms with Crippen LogP contribution in [0.2, 0.25) is 5.02 Å². The van der Waals surface area contributed by atoms with E-state index < -0.39 is 0 Å². The number of anilines is 2. The molecule has 2 N–H and O–H groups in total. The van der Waals surface area contributed by atoms with Gasteiger partial charge in [-0.15, -0.1) is 0 Å². The van der Waals surface area contributed by atoms with Gasteiger partial charge < -0.3 is 15.4 Å². The van der Waals surface area contributed by atoms with Gasteiger partial charge in [-0.3, -0.25) is 0 Å². The highest BCUT2D eigenvalue weighted by molar-refractivity contribution is 6.30. The maximum atomic E-state index is 5.85. The lowest BCUT2D eigenvalue weighted by Crippen LogP contribution is -2.09. The van der Waals surface area contributed by atoms with Crippen molar-refractivity contribution in [3.63, 3.8) is 0 Å². The third-order valence-corrected chi connectivity index (χ3v) is 2.75. The second-order valence-corrected chi connectivity index (χ2v) is 4.42. The Labute approximate surface area is 122 Å². The van der Waals surface area contributed by atoms with Gasteiger partial charge in [-0.1, -0.05) is 23.7 Å². The summed E-state index contributed by atoms with van der Waals surface area (Å²) in [6.07, 6.45) is 0. The van der Waals surface area contributed by atoms with Gasteiger partial charge in [0.25, 0.3) is 0 Å². The van der Waals surface area contributed by atoms with Gasteiger partial charge in [0.2, 0.25) is 11.9 Å². The molecule has 0 amide bonds. The van der Waals surface area contributed by atoms with Gasteiger partial charge in [0.15, 0.2) is 0 Å². The van der Waals surface area contributed by atoms with Crippen LogP contribution in [0.5, 0.6) is 6.01 Å². The molecular formula is C13H16ClN5O. The summed E-state index contributed by atoms with van der Waals surface area (Å²) in [4.78, 5) is 12.5. The molecule has 1 aromatic carbocycles. The standard InChI is InChI=1S/C13H16ClN5O/c1-3-15-11-17-12(19-13(18-11)20-2)16-8-9-4-6-10(14)7-5-9/h4-7H,3,8H2,1-2H3,(H2,15,16,17,18,19). The Balaban J connectivity index is 2.07. The topological polar surface area (TPSA) is 72.0 Å². The molecule has 0 aliphatic heterocycles. The molecule has 1 aromatic heterocycles. The molecule has 0 atom stereocenters. The first-order chi connectivity index (χ1) is 9.71. The van der Waals surface area contributed by atoms with Crippen molar-refractivity contribution in [2.75, 3.05) is 24.3 Å². The number of rotatable bonds is 6. The van der Waals surface area contributed by atoms with E-state index in [2.05, 4.69) is 25.6 Å². The molecule has 0 aliphatic rings. The first-order valence-electron chi connectivity index (χ1n) is 6.23. The number of ether oxygens (including phenoxy) is 1.